The number of carbonyl (C=O) groups excluding carboxylic acids is 1. The maximum atomic E-state index is 12.5. The van der Waals surface area contributed by atoms with Crippen molar-refractivity contribution in [2.45, 2.75) is 31.8 Å². The molecule has 3 fully saturated rings. The second-order valence-electron chi connectivity index (χ2n) is 6.97. The van der Waals surface area contributed by atoms with E-state index in [0.717, 1.165) is 37.2 Å². The zero-order valence-corrected chi connectivity index (χ0v) is 14.6. The van der Waals surface area contributed by atoms with Gasteiger partial charge in [0.1, 0.15) is 5.75 Å². The predicted octanol–water partition coefficient (Wildman–Crippen LogP) is 2.56. The van der Waals surface area contributed by atoms with Crippen LogP contribution in [-0.4, -0.2) is 48.1 Å². The van der Waals surface area contributed by atoms with Gasteiger partial charge in [-0.25, -0.2) is 4.98 Å². The van der Waals surface area contributed by atoms with Crippen LogP contribution in [0.25, 0.3) is 11.3 Å². The number of benzene rings is 1. The van der Waals surface area contributed by atoms with Crippen molar-refractivity contribution in [2.24, 2.45) is 5.92 Å². The van der Waals surface area contributed by atoms with Crippen molar-refractivity contribution < 1.29 is 13.9 Å². The number of fused-ring (bicyclic) bond motifs is 3. The summed E-state index contributed by atoms with van der Waals surface area (Å²) in [5, 5.41) is 3.11. The zero-order chi connectivity index (χ0) is 17.4. The van der Waals surface area contributed by atoms with Gasteiger partial charge in [-0.3, -0.25) is 9.69 Å². The first-order chi connectivity index (χ1) is 12.1. The smallest absolute Gasteiger partial charge is 0.307 e. The Morgan fingerprint density at radius 2 is 2.32 bits per heavy atom. The Balaban J connectivity index is 1.46. The number of aromatic nitrogens is 1. The Labute approximate surface area is 147 Å². The van der Waals surface area contributed by atoms with E-state index in [-0.39, 0.29) is 17.8 Å². The highest BCUT2D eigenvalue weighted by molar-refractivity contribution is 5.90. The molecule has 132 valence electrons. The van der Waals surface area contributed by atoms with Gasteiger partial charge < -0.3 is 14.5 Å². The van der Waals surface area contributed by atoms with Crippen molar-refractivity contribution in [1.82, 2.24) is 15.2 Å². The number of nitrogens with one attached hydrogen (secondary N) is 1. The van der Waals surface area contributed by atoms with Crippen LogP contribution in [0.4, 0.5) is 0 Å². The summed E-state index contributed by atoms with van der Waals surface area (Å²) in [7, 11) is 1.62. The summed E-state index contributed by atoms with van der Waals surface area (Å²) in [5.74, 6) is 1.73. The van der Waals surface area contributed by atoms with Gasteiger partial charge in [0.2, 0.25) is 0 Å². The summed E-state index contributed by atoms with van der Waals surface area (Å²) in [6, 6.07) is 8.31. The molecule has 1 N–H and O–H groups in total. The number of rotatable bonds is 4. The Bertz CT molecular complexity index is 773. The predicted molar refractivity (Wildman–Crippen MR) is 93.5 cm³/mol. The number of carbonyl (C=O) groups is 1. The van der Waals surface area contributed by atoms with Gasteiger partial charge in [-0.1, -0.05) is 12.1 Å². The third-order valence-corrected chi connectivity index (χ3v) is 5.43. The summed E-state index contributed by atoms with van der Waals surface area (Å²) in [4.78, 5) is 19.1. The molecule has 5 rings (SSSR count). The second-order valence-corrected chi connectivity index (χ2v) is 6.97. The molecule has 2 bridgehead atoms. The molecule has 3 saturated heterocycles. The van der Waals surface area contributed by atoms with Crippen molar-refractivity contribution in [1.29, 1.82) is 0 Å². The molecule has 3 aliphatic heterocycles. The molecule has 6 nitrogen and oxygen atoms in total. The van der Waals surface area contributed by atoms with Crippen LogP contribution < -0.4 is 10.1 Å². The SMILES string of the molecule is COc1cccc(-c2cnc(C(=O)N[C@H]3CN4CCC3CC4C)o2)c1. The molecule has 25 heavy (non-hydrogen) atoms. The molecular formula is C19H23N3O3. The third-order valence-electron chi connectivity index (χ3n) is 5.43. The summed E-state index contributed by atoms with van der Waals surface area (Å²) < 4.78 is 10.9. The lowest BCUT2D eigenvalue weighted by Gasteiger charge is -2.48. The molecule has 0 spiro atoms. The van der Waals surface area contributed by atoms with Gasteiger partial charge in [-0.05, 0) is 44.4 Å². The Morgan fingerprint density at radius 1 is 1.44 bits per heavy atom. The van der Waals surface area contributed by atoms with Gasteiger partial charge in [-0.15, -0.1) is 0 Å². The fourth-order valence-corrected chi connectivity index (χ4v) is 3.98. The Morgan fingerprint density at radius 3 is 3.04 bits per heavy atom. The largest absolute Gasteiger partial charge is 0.497 e. The summed E-state index contributed by atoms with van der Waals surface area (Å²) >= 11 is 0. The van der Waals surface area contributed by atoms with Gasteiger partial charge in [0.05, 0.1) is 13.3 Å². The van der Waals surface area contributed by atoms with Gasteiger partial charge in [-0.2, -0.15) is 0 Å². The Hall–Kier alpha value is -2.34. The average Bonchev–Trinajstić information content (AvgIpc) is 3.13. The van der Waals surface area contributed by atoms with E-state index in [1.807, 2.05) is 24.3 Å². The second kappa shape index (κ2) is 6.52. The minimum Gasteiger partial charge on any atom is -0.497 e. The quantitative estimate of drug-likeness (QED) is 0.926. The number of methoxy groups -OCH3 is 1. The number of ether oxygens (including phenoxy) is 1. The van der Waals surface area contributed by atoms with Crippen molar-refractivity contribution >= 4 is 5.91 Å². The first-order valence-electron chi connectivity index (χ1n) is 8.79. The van der Waals surface area contributed by atoms with Crippen molar-refractivity contribution in [3.05, 3.63) is 36.4 Å². The van der Waals surface area contributed by atoms with Crippen LogP contribution in [0.2, 0.25) is 0 Å². The number of hydrogen-bond acceptors (Lipinski definition) is 5. The van der Waals surface area contributed by atoms with Gasteiger partial charge in [0.15, 0.2) is 5.76 Å². The van der Waals surface area contributed by atoms with Crippen molar-refractivity contribution in [2.75, 3.05) is 20.2 Å². The number of oxazole rings is 1. The van der Waals surface area contributed by atoms with Crippen LogP contribution in [0.15, 0.2) is 34.9 Å². The monoisotopic (exact) mass is 341 g/mol. The van der Waals surface area contributed by atoms with E-state index in [9.17, 15) is 4.79 Å². The van der Waals surface area contributed by atoms with E-state index in [0.29, 0.717) is 17.7 Å². The molecule has 0 radical (unpaired) electrons. The number of piperidine rings is 3. The first kappa shape index (κ1) is 16.1. The molecule has 0 saturated carbocycles. The molecule has 1 aromatic heterocycles. The van der Waals surface area contributed by atoms with Crippen LogP contribution in [0.3, 0.4) is 0 Å². The van der Waals surface area contributed by atoms with Crippen LogP contribution in [0.1, 0.15) is 30.5 Å². The van der Waals surface area contributed by atoms with E-state index >= 15 is 0 Å². The fourth-order valence-electron chi connectivity index (χ4n) is 3.98. The van der Waals surface area contributed by atoms with E-state index in [1.54, 1.807) is 13.3 Å². The highest BCUT2D eigenvalue weighted by Crippen LogP contribution is 2.32. The third kappa shape index (κ3) is 3.14. The summed E-state index contributed by atoms with van der Waals surface area (Å²) in [5.41, 5.74) is 0.836. The minimum absolute atomic E-state index is 0.113. The maximum absolute atomic E-state index is 12.5. The number of hydrogen-bond donors (Lipinski definition) is 1. The maximum Gasteiger partial charge on any atom is 0.307 e. The van der Waals surface area contributed by atoms with Crippen LogP contribution in [0.5, 0.6) is 5.75 Å². The highest BCUT2D eigenvalue weighted by Gasteiger charge is 2.39. The van der Waals surface area contributed by atoms with Crippen LogP contribution in [-0.2, 0) is 0 Å². The molecular weight excluding hydrogens is 318 g/mol. The highest BCUT2D eigenvalue weighted by atomic mass is 16.5. The van der Waals surface area contributed by atoms with Crippen LogP contribution >= 0.6 is 0 Å². The standard InChI is InChI=1S/C19H23N3O3/c1-12-8-13-6-7-22(12)11-16(13)21-18(23)19-20-10-17(25-19)14-4-3-5-15(9-14)24-2/h3-5,9-10,12-13,16H,6-8,11H2,1-2H3,(H,21,23)/t12?,13?,16-/m0/s1. The molecule has 1 amide bonds. The lowest BCUT2D eigenvalue weighted by atomic mass is 9.80. The van der Waals surface area contributed by atoms with E-state index in [4.69, 9.17) is 9.15 Å². The van der Waals surface area contributed by atoms with Gasteiger partial charge in [0, 0.05) is 24.2 Å². The molecule has 3 aliphatic rings. The van der Waals surface area contributed by atoms with Crippen molar-refractivity contribution in [3.8, 4) is 17.1 Å². The molecule has 2 aromatic rings. The molecule has 0 aliphatic carbocycles. The lowest BCUT2D eigenvalue weighted by Crippen LogP contribution is -2.60. The van der Waals surface area contributed by atoms with E-state index < -0.39 is 0 Å². The molecule has 6 heteroatoms. The molecule has 1 aromatic carbocycles. The minimum atomic E-state index is -0.236. The summed E-state index contributed by atoms with van der Waals surface area (Å²) in [6.45, 7) is 4.32. The fraction of sp³-hybridized carbons (Fsp3) is 0.474. The lowest BCUT2D eigenvalue weighted by molar-refractivity contribution is 0.0267. The first-order valence-corrected chi connectivity index (χ1v) is 8.79. The number of amides is 1. The Kier molecular flexibility index (Phi) is 4.21. The van der Waals surface area contributed by atoms with Crippen LogP contribution in [0, 0.1) is 5.92 Å². The topological polar surface area (TPSA) is 67.6 Å². The molecule has 4 atom stereocenters. The molecule has 3 unspecified atom stereocenters. The summed E-state index contributed by atoms with van der Waals surface area (Å²) in [6.07, 6.45) is 3.88. The van der Waals surface area contributed by atoms with Gasteiger partial charge in [0.25, 0.3) is 5.89 Å². The van der Waals surface area contributed by atoms with E-state index in [1.165, 1.54) is 0 Å². The number of nitrogens with zero attached hydrogens (tertiary/aromatic N) is 2. The molecule has 4 heterocycles. The average molecular weight is 341 g/mol. The van der Waals surface area contributed by atoms with E-state index in [2.05, 4.69) is 22.1 Å². The van der Waals surface area contributed by atoms with Gasteiger partial charge >= 0.3 is 5.91 Å². The zero-order valence-electron chi connectivity index (χ0n) is 14.6. The van der Waals surface area contributed by atoms with Crippen molar-refractivity contribution in [3.63, 3.8) is 0 Å². The normalized spacial score (nSPS) is 27.9.